The summed E-state index contributed by atoms with van der Waals surface area (Å²) >= 11 is 0. The van der Waals surface area contributed by atoms with Crippen LogP contribution in [0.3, 0.4) is 0 Å². The molecule has 0 aliphatic carbocycles. The molecule has 0 amide bonds. The Hall–Kier alpha value is -0.380. The lowest BCUT2D eigenvalue weighted by Gasteiger charge is -2.22. The van der Waals surface area contributed by atoms with Crippen LogP contribution in [-0.2, 0) is 0 Å². The van der Waals surface area contributed by atoms with Gasteiger partial charge in [-0.15, -0.1) is 6.58 Å². The molecule has 0 bridgehead atoms. The van der Waals surface area contributed by atoms with Crippen LogP contribution in [0.25, 0.3) is 0 Å². The number of hydrogen-bond donors (Lipinski definition) is 2. The summed E-state index contributed by atoms with van der Waals surface area (Å²) in [6, 6.07) is 0.451. The average Bonchev–Trinajstić information content (AvgIpc) is 2.32. The first kappa shape index (κ1) is 10.7. The lowest BCUT2D eigenvalue weighted by atomic mass is 10.2. The molecule has 1 aliphatic heterocycles. The number of aliphatic hydroxyl groups is 1. The van der Waals surface area contributed by atoms with E-state index in [1.807, 2.05) is 6.08 Å². The van der Waals surface area contributed by atoms with E-state index >= 15 is 0 Å². The summed E-state index contributed by atoms with van der Waals surface area (Å²) in [4.78, 5) is 2.38. The molecular weight excluding hydrogens is 164 g/mol. The Kier molecular flexibility index (Phi) is 5.05. The van der Waals surface area contributed by atoms with E-state index in [0.717, 1.165) is 32.6 Å². The van der Waals surface area contributed by atoms with Gasteiger partial charge in [0.2, 0.25) is 0 Å². The maximum Gasteiger partial charge on any atom is 0.0446 e. The van der Waals surface area contributed by atoms with Crippen molar-refractivity contribution in [1.29, 1.82) is 0 Å². The first-order valence-electron chi connectivity index (χ1n) is 5.04. The van der Waals surface area contributed by atoms with Gasteiger partial charge in [0.05, 0.1) is 0 Å². The fourth-order valence-corrected chi connectivity index (χ4v) is 1.77. The molecule has 1 unspecified atom stereocenters. The van der Waals surface area contributed by atoms with Crippen molar-refractivity contribution in [3.05, 3.63) is 12.7 Å². The molecular formula is C10H20N2O. The zero-order valence-corrected chi connectivity index (χ0v) is 8.21. The van der Waals surface area contributed by atoms with Crippen LogP contribution in [0.15, 0.2) is 12.7 Å². The van der Waals surface area contributed by atoms with Gasteiger partial charge in [-0.2, -0.15) is 0 Å². The minimum absolute atomic E-state index is 0.277. The summed E-state index contributed by atoms with van der Waals surface area (Å²) in [5.41, 5.74) is 0. The lowest BCUT2D eigenvalue weighted by molar-refractivity contribution is 0.237. The molecule has 0 aromatic rings. The maximum absolute atomic E-state index is 8.85. The molecule has 3 heteroatoms. The molecule has 3 nitrogen and oxygen atoms in total. The van der Waals surface area contributed by atoms with E-state index in [9.17, 15) is 0 Å². The first-order valence-corrected chi connectivity index (χ1v) is 5.04. The molecule has 13 heavy (non-hydrogen) atoms. The van der Waals surface area contributed by atoms with E-state index in [0.29, 0.717) is 6.04 Å². The van der Waals surface area contributed by atoms with E-state index in [1.165, 1.54) is 6.42 Å². The molecule has 0 aromatic heterocycles. The molecule has 0 saturated carbocycles. The molecule has 0 aromatic carbocycles. The van der Waals surface area contributed by atoms with Gasteiger partial charge in [-0.25, -0.2) is 0 Å². The highest BCUT2D eigenvalue weighted by molar-refractivity contribution is 4.80. The lowest BCUT2D eigenvalue weighted by Crippen LogP contribution is -2.38. The normalized spacial score (nSPS) is 25.5. The maximum atomic E-state index is 8.85. The largest absolute Gasteiger partial charge is 0.396 e. The molecule has 76 valence electrons. The fourth-order valence-electron chi connectivity index (χ4n) is 1.77. The number of hydrogen-bond acceptors (Lipinski definition) is 3. The van der Waals surface area contributed by atoms with Gasteiger partial charge < -0.3 is 10.4 Å². The molecule has 0 radical (unpaired) electrons. The molecule has 1 rings (SSSR count). The number of nitrogens with one attached hydrogen (secondary N) is 1. The van der Waals surface area contributed by atoms with Crippen molar-refractivity contribution in [3.63, 3.8) is 0 Å². The van der Waals surface area contributed by atoms with Gasteiger partial charge in [-0.1, -0.05) is 6.08 Å². The van der Waals surface area contributed by atoms with Crippen LogP contribution >= 0.6 is 0 Å². The van der Waals surface area contributed by atoms with Crippen LogP contribution in [0.5, 0.6) is 0 Å². The smallest absolute Gasteiger partial charge is 0.0446 e. The fraction of sp³-hybridized carbons (Fsp3) is 0.800. The third kappa shape index (κ3) is 3.89. The molecule has 1 atom stereocenters. The highest BCUT2D eigenvalue weighted by Gasteiger charge is 2.15. The van der Waals surface area contributed by atoms with Crippen molar-refractivity contribution in [2.24, 2.45) is 0 Å². The second-order valence-corrected chi connectivity index (χ2v) is 3.57. The van der Waals surface area contributed by atoms with E-state index in [-0.39, 0.29) is 6.61 Å². The van der Waals surface area contributed by atoms with Gasteiger partial charge in [-0.3, -0.25) is 4.90 Å². The van der Waals surface area contributed by atoms with Crippen LogP contribution < -0.4 is 5.32 Å². The molecule has 0 spiro atoms. The van der Waals surface area contributed by atoms with Crippen molar-refractivity contribution in [1.82, 2.24) is 10.2 Å². The summed E-state index contributed by atoms with van der Waals surface area (Å²) in [7, 11) is 0. The zero-order valence-electron chi connectivity index (χ0n) is 8.21. The predicted molar refractivity (Wildman–Crippen MR) is 54.7 cm³/mol. The van der Waals surface area contributed by atoms with E-state index in [2.05, 4.69) is 16.8 Å². The van der Waals surface area contributed by atoms with Crippen molar-refractivity contribution in [2.45, 2.75) is 18.9 Å². The standard InChI is InChI=1S/C10H20N2O/c1-2-6-12-7-3-5-11-10(9-12)4-8-13/h2,10-11,13H,1,3-9H2. The summed E-state index contributed by atoms with van der Waals surface area (Å²) in [5.74, 6) is 0. The van der Waals surface area contributed by atoms with Gasteiger partial charge in [0, 0.05) is 25.7 Å². The first-order chi connectivity index (χ1) is 6.36. The Morgan fingerprint density at radius 2 is 2.46 bits per heavy atom. The quantitative estimate of drug-likeness (QED) is 0.613. The summed E-state index contributed by atoms with van der Waals surface area (Å²) in [6.45, 7) is 8.23. The molecule has 1 fully saturated rings. The molecule has 1 saturated heterocycles. The van der Waals surface area contributed by atoms with E-state index in [1.54, 1.807) is 0 Å². The summed E-state index contributed by atoms with van der Waals surface area (Å²) in [6.07, 6.45) is 3.99. The second kappa shape index (κ2) is 6.13. The van der Waals surface area contributed by atoms with Crippen molar-refractivity contribution >= 4 is 0 Å². The average molecular weight is 184 g/mol. The van der Waals surface area contributed by atoms with E-state index < -0.39 is 0 Å². The van der Waals surface area contributed by atoms with Gasteiger partial charge in [-0.05, 0) is 25.9 Å². The SMILES string of the molecule is C=CCN1CCCNC(CCO)C1. The Morgan fingerprint density at radius 3 is 3.15 bits per heavy atom. The van der Waals surface area contributed by atoms with E-state index in [4.69, 9.17) is 5.11 Å². The molecule has 1 heterocycles. The van der Waals surface area contributed by atoms with Crippen LogP contribution in [0.1, 0.15) is 12.8 Å². The summed E-state index contributed by atoms with van der Waals surface area (Å²) < 4.78 is 0. The van der Waals surface area contributed by atoms with Gasteiger partial charge >= 0.3 is 0 Å². The molecule has 2 N–H and O–H groups in total. The topological polar surface area (TPSA) is 35.5 Å². The monoisotopic (exact) mass is 184 g/mol. The third-order valence-corrected chi connectivity index (χ3v) is 2.43. The van der Waals surface area contributed by atoms with Crippen LogP contribution in [-0.4, -0.2) is 48.8 Å². The number of rotatable bonds is 4. The molecule has 1 aliphatic rings. The number of aliphatic hydroxyl groups excluding tert-OH is 1. The van der Waals surface area contributed by atoms with Crippen molar-refractivity contribution in [3.8, 4) is 0 Å². The van der Waals surface area contributed by atoms with Crippen LogP contribution in [0, 0.1) is 0 Å². The second-order valence-electron chi connectivity index (χ2n) is 3.57. The highest BCUT2D eigenvalue weighted by atomic mass is 16.3. The van der Waals surface area contributed by atoms with Crippen molar-refractivity contribution in [2.75, 3.05) is 32.8 Å². The van der Waals surface area contributed by atoms with Gasteiger partial charge in [0.15, 0.2) is 0 Å². The van der Waals surface area contributed by atoms with Crippen LogP contribution in [0.4, 0.5) is 0 Å². The Morgan fingerprint density at radius 1 is 1.62 bits per heavy atom. The number of nitrogens with zero attached hydrogens (tertiary/aromatic N) is 1. The Bertz CT molecular complexity index is 150. The van der Waals surface area contributed by atoms with Crippen LogP contribution in [0.2, 0.25) is 0 Å². The minimum Gasteiger partial charge on any atom is -0.396 e. The van der Waals surface area contributed by atoms with Gasteiger partial charge in [0.1, 0.15) is 0 Å². The predicted octanol–water partition coefficient (Wildman–Crippen LogP) is 0.219. The van der Waals surface area contributed by atoms with Gasteiger partial charge in [0.25, 0.3) is 0 Å². The zero-order chi connectivity index (χ0) is 9.52. The van der Waals surface area contributed by atoms with Crippen molar-refractivity contribution < 1.29 is 5.11 Å². The Labute approximate surface area is 80.4 Å². The minimum atomic E-state index is 0.277. The highest BCUT2D eigenvalue weighted by Crippen LogP contribution is 2.02. The Balaban J connectivity index is 2.34. The summed E-state index contributed by atoms with van der Waals surface area (Å²) in [5, 5.41) is 12.3. The third-order valence-electron chi connectivity index (χ3n) is 2.43.